The molecule has 1 fully saturated rings. The minimum atomic E-state index is 0.160. The molecule has 1 amide bonds. The number of hydrogen-bond acceptors (Lipinski definition) is 5. The van der Waals surface area contributed by atoms with Gasteiger partial charge in [-0.15, -0.1) is 10.2 Å². The number of aromatic nitrogens is 3. The lowest BCUT2D eigenvalue weighted by Gasteiger charge is -2.22. The van der Waals surface area contributed by atoms with E-state index in [0.717, 1.165) is 49.0 Å². The van der Waals surface area contributed by atoms with Gasteiger partial charge in [-0.1, -0.05) is 18.2 Å². The Morgan fingerprint density at radius 2 is 1.89 bits per heavy atom. The second kappa shape index (κ2) is 7.65. The standard InChI is InChI=1S/C20H23N5O2/c1-27-17-8-6-16(7-9-17)15-19(26)23-10-4-11-24(14-13-23)20-22-21-18-5-2-3-12-25(18)20/h2-3,5-9,12H,4,10-11,13-15H2,1H3. The van der Waals surface area contributed by atoms with Crippen molar-refractivity contribution in [2.45, 2.75) is 12.8 Å². The van der Waals surface area contributed by atoms with Crippen LogP contribution in [0.5, 0.6) is 5.75 Å². The first-order valence-corrected chi connectivity index (χ1v) is 9.20. The number of nitrogens with zero attached hydrogens (tertiary/aromatic N) is 5. The van der Waals surface area contributed by atoms with Crippen LogP contribution in [0, 0.1) is 0 Å². The van der Waals surface area contributed by atoms with Gasteiger partial charge in [0.15, 0.2) is 5.65 Å². The van der Waals surface area contributed by atoms with Crippen LogP contribution >= 0.6 is 0 Å². The summed E-state index contributed by atoms with van der Waals surface area (Å²) in [6.45, 7) is 3.07. The molecule has 1 aliphatic heterocycles. The van der Waals surface area contributed by atoms with Crippen molar-refractivity contribution in [2.24, 2.45) is 0 Å². The number of carbonyl (C=O) groups excluding carboxylic acids is 1. The van der Waals surface area contributed by atoms with Crippen LogP contribution < -0.4 is 9.64 Å². The molecule has 0 aliphatic carbocycles. The fourth-order valence-corrected chi connectivity index (χ4v) is 3.44. The molecule has 0 atom stereocenters. The van der Waals surface area contributed by atoms with Gasteiger partial charge in [-0.2, -0.15) is 0 Å². The SMILES string of the molecule is COc1ccc(CC(=O)N2CCCN(c3nnc4ccccn34)CC2)cc1. The van der Waals surface area contributed by atoms with Crippen LogP contribution in [0.2, 0.25) is 0 Å². The van der Waals surface area contributed by atoms with Crippen molar-refractivity contribution in [3.63, 3.8) is 0 Å². The number of amides is 1. The van der Waals surface area contributed by atoms with Gasteiger partial charge in [-0.3, -0.25) is 9.20 Å². The lowest BCUT2D eigenvalue weighted by molar-refractivity contribution is -0.130. The maximum atomic E-state index is 12.7. The van der Waals surface area contributed by atoms with Crippen LogP contribution in [0.25, 0.3) is 5.65 Å². The van der Waals surface area contributed by atoms with Crippen molar-refractivity contribution in [3.8, 4) is 5.75 Å². The first-order chi connectivity index (χ1) is 13.2. The van der Waals surface area contributed by atoms with E-state index in [1.807, 2.05) is 58.0 Å². The van der Waals surface area contributed by atoms with Crippen molar-refractivity contribution < 1.29 is 9.53 Å². The summed E-state index contributed by atoms with van der Waals surface area (Å²) in [5, 5.41) is 8.57. The van der Waals surface area contributed by atoms with Gasteiger partial charge in [-0.25, -0.2) is 0 Å². The lowest BCUT2D eigenvalue weighted by Crippen LogP contribution is -2.36. The normalized spacial score (nSPS) is 15.0. The molecule has 1 saturated heterocycles. The first-order valence-electron chi connectivity index (χ1n) is 9.20. The van der Waals surface area contributed by atoms with Crippen molar-refractivity contribution in [1.82, 2.24) is 19.5 Å². The quantitative estimate of drug-likeness (QED) is 0.708. The number of carbonyl (C=O) groups is 1. The van der Waals surface area contributed by atoms with E-state index < -0.39 is 0 Å². The Morgan fingerprint density at radius 1 is 1.04 bits per heavy atom. The number of methoxy groups -OCH3 is 1. The number of rotatable bonds is 4. The van der Waals surface area contributed by atoms with Crippen LogP contribution in [-0.2, 0) is 11.2 Å². The van der Waals surface area contributed by atoms with Gasteiger partial charge in [0.05, 0.1) is 13.5 Å². The smallest absolute Gasteiger partial charge is 0.231 e. The molecule has 3 aromatic rings. The van der Waals surface area contributed by atoms with Crippen molar-refractivity contribution in [1.29, 1.82) is 0 Å². The summed E-state index contributed by atoms with van der Waals surface area (Å²) in [7, 11) is 1.64. The molecule has 4 rings (SSSR count). The van der Waals surface area contributed by atoms with E-state index in [-0.39, 0.29) is 5.91 Å². The molecular formula is C20H23N5O2. The lowest BCUT2D eigenvalue weighted by atomic mass is 10.1. The first kappa shape index (κ1) is 17.3. The van der Waals surface area contributed by atoms with Gasteiger partial charge in [0.1, 0.15) is 5.75 Å². The fourth-order valence-electron chi connectivity index (χ4n) is 3.44. The van der Waals surface area contributed by atoms with Crippen LogP contribution in [-0.4, -0.2) is 58.7 Å². The average molecular weight is 365 g/mol. The largest absolute Gasteiger partial charge is 0.497 e. The third-order valence-electron chi connectivity index (χ3n) is 4.94. The van der Waals surface area contributed by atoms with Gasteiger partial charge in [0.25, 0.3) is 0 Å². The molecule has 7 nitrogen and oxygen atoms in total. The van der Waals surface area contributed by atoms with Gasteiger partial charge in [0.2, 0.25) is 11.9 Å². The Kier molecular flexibility index (Phi) is 4.91. The molecular weight excluding hydrogens is 342 g/mol. The summed E-state index contributed by atoms with van der Waals surface area (Å²) >= 11 is 0. The molecule has 7 heteroatoms. The second-order valence-electron chi connectivity index (χ2n) is 6.68. The summed E-state index contributed by atoms with van der Waals surface area (Å²) in [6.07, 6.45) is 3.30. The summed E-state index contributed by atoms with van der Waals surface area (Å²) in [5.41, 5.74) is 1.84. The zero-order valence-electron chi connectivity index (χ0n) is 15.4. The van der Waals surface area contributed by atoms with Crippen molar-refractivity contribution in [2.75, 3.05) is 38.2 Å². The van der Waals surface area contributed by atoms with E-state index in [4.69, 9.17) is 4.74 Å². The predicted octanol–water partition coefficient (Wildman–Crippen LogP) is 2.02. The Labute approximate surface area is 158 Å². The minimum absolute atomic E-state index is 0.160. The molecule has 0 spiro atoms. The van der Waals surface area contributed by atoms with Gasteiger partial charge in [0, 0.05) is 32.4 Å². The third kappa shape index (κ3) is 3.72. The minimum Gasteiger partial charge on any atom is -0.497 e. The van der Waals surface area contributed by atoms with Crippen LogP contribution in [0.15, 0.2) is 48.7 Å². The van der Waals surface area contributed by atoms with Crippen LogP contribution in [0.3, 0.4) is 0 Å². The van der Waals surface area contributed by atoms with E-state index in [1.54, 1.807) is 7.11 Å². The summed E-state index contributed by atoms with van der Waals surface area (Å²) in [6, 6.07) is 13.6. The number of benzene rings is 1. The second-order valence-corrected chi connectivity index (χ2v) is 6.68. The van der Waals surface area contributed by atoms with Gasteiger partial charge in [-0.05, 0) is 36.2 Å². The molecule has 27 heavy (non-hydrogen) atoms. The predicted molar refractivity (Wildman–Crippen MR) is 103 cm³/mol. The monoisotopic (exact) mass is 365 g/mol. The fraction of sp³-hybridized carbons (Fsp3) is 0.350. The number of hydrogen-bond donors (Lipinski definition) is 0. The Balaban J connectivity index is 1.41. The zero-order valence-corrected chi connectivity index (χ0v) is 15.4. The highest BCUT2D eigenvalue weighted by molar-refractivity contribution is 5.79. The van der Waals surface area contributed by atoms with E-state index >= 15 is 0 Å². The molecule has 2 aromatic heterocycles. The number of anilines is 1. The summed E-state index contributed by atoms with van der Waals surface area (Å²) < 4.78 is 7.17. The van der Waals surface area contributed by atoms with Crippen molar-refractivity contribution in [3.05, 3.63) is 54.2 Å². The van der Waals surface area contributed by atoms with E-state index in [1.165, 1.54) is 0 Å². The van der Waals surface area contributed by atoms with Gasteiger partial charge >= 0.3 is 0 Å². The van der Waals surface area contributed by atoms with Crippen LogP contribution in [0.4, 0.5) is 5.95 Å². The number of fused-ring (bicyclic) bond motifs is 1. The van der Waals surface area contributed by atoms with Crippen molar-refractivity contribution >= 4 is 17.5 Å². The summed E-state index contributed by atoms with van der Waals surface area (Å²) in [4.78, 5) is 16.9. The van der Waals surface area contributed by atoms with E-state index in [0.29, 0.717) is 13.0 Å². The van der Waals surface area contributed by atoms with Gasteiger partial charge < -0.3 is 14.5 Å². The highest BCUT2D eigenvalue weighted by Gasteiger charge is 2.22. The molecule has 1 aliphatic rings. The zero-order chi connectivity index (χ0) is 18.6. The maximum Gasteiger partial charge on any atom is 0.231 e. The Hall–Kier alpha value is -3.09. The molecule has 1 aromatic carbocycles. The molecule has 0 saturated carbocycles. The third-order valence-corrected chi connectivity index (χ3v) is 4.94. The molecule has 0 radical (unpaired) electrons. The molecule has 0 N–H and O–H groups in total. The number of ether oxygens (including phenoxy) is 1. The Morgan fingerprint density at radius 3 is 2.70 bits per heavy atom. The Bertz CT molecular complexity index is 922. The highest BCUT2D eigenvalue weighted by Crippen LogP contribution is 2.17. The molecule has 0 bridgehead atoms. The molecule has 140 valence electrons. The van der Waals surface area contributed by atoms with E-state index in [2.05, 4.69) is 15.1 Å². The maximum absolute atomic E-state index is 12.7. The van der Waals surface area contributed by atoms with Crippen LogP contribution in [0.1, 0.15) is 12.0 Å². The topological polar surface area (TPSA) is 63.0 Å². The highest BCUT2D eigenvalue weighted by atomic mass is 16.5. The molecule has 3 heterocycles. The van der Waals surface area contributed by atoms with E-state index in [9.17, 15) is 4.79 Å². The summed E-state index contributed by atoms with van der Waals surface area (Å²) in [5.74, 6) is 1.81. The number of pyridine rings is 1. The average Bonchev–Trinajstić information content (AvgIpc) is 2.98. The molecule has 0 unspecified atom stereocenters.